The van der Waals surface area contributed by atoms with Crippen molar-refractivity contribution in [2.24, 2.45) is 0 Å². The molecule has 0 unspecified atom stereocenters. The molecule has 2 nitrogen and oxygen atoms in total. The molecule has 0 bridgehead atoms. The number of aliphatic hydroxyl groups is 1. The van der Waals surface area contributed by atoms with Crippen LogP contribution in [0.1, 0.15) is 34.1 Å². The zero-order chi connectivity index (χ0) is 8.15. The van der Waals surface area contributed by atoms with E-state index in [4.69, 9.17) is 5.11 Å². The van der Waals surface area contributed by atoms with Gasteiger partial charge in [-0.2, -0.15) is 0 Å². The van der Waals surface area contributed by atoms with Crippen molar-refractivity contribution in [1.29, 1.82) is 0 Å². The van der Waals surface area contributed by atoms with E-state index in [1.807, 2.05) is 6.92 Å². The van der Waals surface area contributed by atoms with Crippen LogP contribution in [0, 0.1) is 0 Å². The van der Waals surface area contributed by atoms with Crippen LogP contribution < -0.4 is 5.32 Å². The van der Waals surface area contributed by atoms with Gasteiger partial charge in [-0.05, 0) is 20.3 Å². The van der Waals surface area contributed by atoms with Gasteiger partial charge in [0, 0.05) is 12.1 Å². The van der Waals surface area contributed by atoms with Crippen LogP contribution >= 0.6 is 0 Å². The standard InChI is InChI=1S/C8H19NO/c1-6(2)9-7(3)5-8(4)10/h6-10H,5H2,1-4H3/t7-,8+/m1/s1. The summed E-state index contributed by atoms with van der Waals surface area (Å²) in [5.74, 6) is 0. The van der Waals surface area contributed by atoms with E-state index in [1.165, 1.54) is 0 Å². The van der Waals surface area contributed by atoms with Crippen LogP contribution in [-0.2, 0) is 0 Å². The molecule has 0 saturated heterocycles. The van der Waals surface area contributed by atoms with E-state index in [0.29, 0.717) is 12.1 Å². The van der Waals surface area contributed by atoms with Crippen molar-refractivity contribution in [3.63, 3.8) is 0 Å². The molecule has 0 saturated carbocycles. The first-order valence-electron chi connectivity index (χ1n) is 3.96. The molecule has 0 aromatic carbocycles. The minimum absolute atomic E-state index is 0.193. The Balaban J connectivity index is 3.34. The maximum absolute atomic E-state index is 9.00. The molecule has 10 heavy (non-hydrogen) atoms. The van der Waals surface area contributed by atoms with Crippen molar-refractivity contribution >= 4 is 0 Å². The number of hydrogen-bond acceptors (Lipinski definition) is 2. The van der Waals surface area contributed by atoms with E-state index in [2.05, 4.69) is 26.1 Å². The Morgan fingerprint density at radius 2 is 1.70 bits per heavy atom. The van der Waals surface area contributed by atoms with Gasteiger partial charge in [-0.25, -0.2) is 0 Å². The summed E-state index contributed by atoms with van der Waals surface area (Å²) in [5, 5.41) is 12.3. The second kappa shape index (κ2) is 4.69. The molecular formula is C8H19NO. The molecule has 2 N–H and O–H groups in total. The third-order valence-corrected chi connectivity index (χ3v) is 1.31. The second-order valence-electron chi connectivity index (χ2n) is 3.31. The van der Waals surface area contributed by atoms with Crippen LogP contribution in [0.25, 0.3) is 0 Å². The number of hydrogen-bond donors (Lipinski definition) is 2. The third kappa shape index (κ3) is 6.05. The Hall–Kier alpha value is -0.0800. The molecule has 0 rings (SSSR count). The van der Waals surface area contributed by atoms with Crippen LogP contribution in [0.4, 0.5) is 0 Å². The highest BCUT2D eigenvalue weighted by molar-refractivity contribution is 4.65. The number of nitrogens with one attached hydrogen (secondary N) is 1. The van der Waals surface area contributed by atoms with E-state index < -0.39 is 0 Å². The van der Waals surface area contributed by atoms with Gasteiger partial charge in [-0.1, -0.05) is 13.8 Å². The van der Waals surface area contributed by atoms with E-state index in [-0.39, 0.29) is 6.10 Å². The molecule has 2 atom stereocenters. The minimum atomic E-state index is -0.193. The summed E-state index contributed by atoms with van der Waals surface area (Å²) < 4.78 is 0. The molecular weight excluding hydrogens is 126 g/mol. The van der Waals surface area contributed by atoms with Crippen molar-refractivity contribution < 1.29 is 5.11 Å². The van der Waals surface area contributed by atoms with Crippen LogP contribution in [0.2, 0.25) is 0 Å². The SMILES string of the molecule is CC(C)N[C@H](C)C[C@H](C)O. The second-order valence-corrected chi connectivity index (χ2v) is 3.31. The van der Waals surface area contributed by atoms with E-state index in [9.17, 15) is 0 Å². The smallest absolute Gasteiger partial charge is 0.0526 e. The Morgan fingerprint density at radius 1 is 1.20 bits per heavy atom. The summed E-state index contributed by atoms with van der Waals surface area (Å²) in [6.45, 7) is 8.13. The lowest BCUT2D eigenvalue weighted by molar-refractivity contribution is 0.169. The van der Waals surface area contributed by atoms with Gasteiger partial charge in [-0.15, -0.1) is 0 Å². The Kier molecular flexibility index (Phi) is 4.65. The van der Waals surface area contributed by atoms with Crippen molar-refractivity contribution in [2.75, 3.05) is 0 Å². The van der Waals surface area contributed by atoms with E-state index >= 15 is 0 Å². The van der Waals surface area contributed by atoms with Gasteiger partial charge in [0.15, 0.2) is 0 Å². The lowest BCUT2D eigenvalue weighted by Crippen LogP contribution is -2.34. The van der Waals surface area contributed by atoms with Crippen LogP contribution in [0.3, 0.4) is 0 Å². The van der Waals surface area contributed by atoms with Crippen LogP contribution in [-0.4, -0.2) is 23.3 Å². The maximum atomic E-state index is 9.00. The molecule has 0 aromatic heterocycles. The molecule has 0 aromatic rings. The highest BCUT2D eigenvalue weighted by Crippen LogP contribution is 1.97. The summed E-state index contributed by atoms with van der Waals surface area (Å²) in [6, 6.07) is 0.925. The molecule has 0 amide bonds. The largest absolute Gasteiger partial charge is 0.393 e. The summed E-state index contributed by atoms with van der Waals surface area (Å²) in [5.41, 5.74) is 0. The normalized spacial score (nSPS) is 17.4. The first-order valence-corrected chi connectivity index (χ1v) is 3.96. The average molecular weight is 145 g/mol. The maximum Gasteiger partial charge on any atom is 0.0526 e. The van der Waals surface area contributed by atoms with Crippen LogP contribution in [0.5, 0.6) is 0 Å². The molecule has 2 heteroatoms. The number of rotatable bonds is 4. The van der Waals surface area contributed by atoms with Crippen molar-refractivity contribution in [2.45, 2.75) is 52.3 Å². The van der Waals surface area contributed by atoms with Gasteiger partial charge < -0.3 is 10.4 Å². The number of aliphatic hydroxyl groups excluding tert-OH is 1. The Bertz CT molecular complexity index is 71.3. The molecule has 62 valence electrons. The molecule has 0 aliphatic heterocycles. The summed E-state index contributed by atoms with van der Waals surface area (Å²) >= 11 is 0. The topological polar surface area (TPSA) is 32.3 Å². The molecule has 0 radical (unpaired) electrons. The highest BCUT2D eigenvalue weighted by Gasteiger charge is 2.05. The average Bonchev–Trinajstić information content (AvgIpc) is 1.58. The molecule has 0 aliphatic carbocycles. The van der Waals surface area contributed by atoms with E-state index in [0.717, 1.165) is 6.42 Å². The van der Waals surface area contributed by atoms with Gasteiger partial charge in [0.25, 0.3) is 0 Å². The summed E-state index contributed by atoms with van der Waals surface area (Å²) in [6.07, 6.45) is 0.638. The summed E-state index contributed by atoms with van der Waals surface area (Å²) in [7, 11) is 0. The van der Waals surface area contributed by atoms with Gasteiger partial charge in [-0.3, -0.25) is 0 Å². The Morgan fingerprint density at radius 3 is 2.00 bits per heavy atom. The van der Waals surface area contributed by atoms with Crippen LogP contribution in [0.15, 0.2) is 0 Å². The fourth-order valence-electron chi connectivity index (χ4n) is 1.15. The Labute approximate surface area is 63.6 Å². The van der Waals surface area contributed by atoms with Crippen molar-refractivity contribution in [3.8, 4) is 0 Å². The zero-order valence-corrected chi connectivity index (χ0v) is 7.39. The van der Waals surface area contributed by atoms with Crippen molar-refractivity contribution in [1.82, 2.24) is 5.32 Å². The van der Waals surface area contributed by atoms with Gasteiger partial charge in [0.05, 0.1) is 6.10 Å². The van der Waals surface area contributed by atoms with Crippen molar-refractivity contribution in [3.05, 3.63) is 0 Å². The molecule has 0 spiro atoms. The minimum Gasteiger partial charge on any atom is -0.393 e. The zero-order valence-electron chi connectivity index (χ0n) is 7.39. The first-order chi connectivity index (χ1) is 4.52. The predicted octanol–water partition coefficient (Wildman–Crippen LogP) is 1.14. The molecule has 0 heterocycles. The summed E-state index contributed by atoms with van der Waals surface area (Å²) in [4.78, 5) is 0. The highest BCUT2D eigenvalue weighted by atomic mass is 16.3. The quantitative estimate of drug-likeness (QED) is 0.622. The predicted molar refractivity (Wildman–Crippen MR) is 44.0 cm³/mol. The monoisotopic (exact) mass is 145 g/mol. The van der Waals surface area contributed by atoms with Gasteiger partial charge in [0.2, 0.25) is 0 Å². The fourth-order valence-corrected chi connectivity index (χ4v) is 1.15. The van der Waals surface area contributed by atoms with E-state index in [1.54, 1.807) is 0 Å². The lowest BCUT2D eigenvalue weighted by atomic mass is 10.1. The van der Waals surface area contributed by atoms with Gasteiger partial charge in [0.1, 0.15) is 0 Å². The first kappa shape index (κ1) is 9.92. The molecule has 0 aliphatic rings. The molecule has 0 fully saturated rings. The lowest BCUT2D eigenvalue weighted by Gasteiger charge is -2.17. The van der Waals surface area contributed by atoms with Gasteiger partial charge >= 0.3 is 0 Å². The fraction of sp³-hybridized carbons (Fsp3) is 1.00. The third-order valence-electron chi connectivity index (χ3n) is 1.31.